The van der Waals surface area contributed by atoms with E-state index in [1.54, 1.807) is 0 Å². The van der Waals surface area contributed by atoms with Crippen molar-refractivity contribution in [3.8, 4) is 39.1 Å². The molecular formula is C48H32N2S. The number of rotatable bonds is 6. The Morgan fingerprint density at radius 1 is 0.392 bits per heavy atom. The Labute approximate surface area is 300 Å². The minimum atomic E-state index is 1.07. The van der Waals surface area contributed by atoms with Crippen molar-refractivity contribution in [1.82, 2.24) is 4.57 Å². The van der Waals surface area contributed by atoms with Crippen LogP contribution in [0, 0.1) is 0 Å². The predicted molar refractivity (Wildman–Crippen MR) is 220 cm³/mol. The molecule has 51 heavy (non-hydrogen) atoms. The molecule has 0 fully saturated rings. The van der Waals surface area contributed by atoms with Crippen LogP contribution in [0.2, 0.25) is 0 Å². The van der Waals surface area contributed by atoms with Crippen molar-refractivity contribution in [3.63, 3.8) is 0 Å². The van der Waals surface area contributed by atoms with Crippen LogP contribution in [0.5, 0.6) is 0 Å². The van der Waals surface area contributed by atoms with Gasteiger partial charge in [-0.2, -0.15) is 0 Å². The Hall–Kier alpha value is -6.42. The lowest BCUT2D eigenvalue weighted by atomic mass is 9.95. The zero-order valence-electron chi connectivity index (χ0n) is 27.8. The summed E-state index contributed by atoms with van der Waals surface area (Å²) in [5.41, 5.74) is 13.0. The van der Waals surface area contributed by atoms with Gasteiger partial charge in [-0.05, 0) is 82.9 Å². The van der Waals surface area contributed by atoms with Gasteiger partial charge in [-0.3, -0.25) is 0 Å². The van der Waals surface area contributed by atoms with E-state index in [2.05, 4.69) is 198 Å². The van der Waals surface area contributed by atoms with Gasteiger partial charge in [-0.1, -0.05) is 127 Å². The number of benzene rings is 8. The summed E-state index contributed by atoms with van der Waals surface area (Å²) >= 11 is 1.87. The van der Waals surface area contributed by atoms with Gasteiger partial charge >= 0.3 is 0 Å². The van der Waals surface area contributed by atoms with Crippen LogP contribution >= 0.6 is 11.3 Å². The van der Waals surface area contributed by atoms with Gasteiger partial charge in [0.25, 0.3) is 0 Å². The molecule has 10 rings (SSSR count). The van der Waals surface area contributed by atoms with Gasteiger partial charge in [0.15, 0.2) is 0 Å². The van der Waals surface area contributed by atoms with Crippen LogP contribution in [0.3, 0.4) is 0 Å². The number of hydrogen-bond donors (Lipinski definition) is 1. The van der Waals surface area contributed by atoms with E-state index in [0.29, 0.717) is 0 Å². The van der Waals surface area contributed by atoms with Gasteiger partial charge in [0, 0.05) is 59.1 Å². The second-order valence-electron chi connectivity index (χ2n) is 13.0. The van der Waals surface area contributed by atoms with E-state index in [9.17, 15) is 0 Å². The molecule has 8 aromatic carbocycles. The van der Waals surface area contributed by atoms with Crippen LogP contribution in [0.15, 0.2) is 188 Å². The minimum Gasteiger partial charge on any atom is -0.355 e. The van der Waals surface area contributed by atoms with E-state index in [0.717, 1.165) is 17.1 Å². The van der Waals surface area contributed by atoms with Crippen LogP contribution < -0.4 is 5.32 Å². The molecule has 0 amide bonds. The Morgan fingerprint density at radius 2 is 1.02 bits per heavy atom. The van der Waals surface area contributed by atoms with Gasteiger partial charge in [-0.15, -0.1) is 11.3 Å². The number of nitrogens with zero attached hydrogens (tertiary/aromatic N) is 1. The van der Waals surface area contributed by atoms with E-state index in [1.165, 1.54) is 75.4 Å². The summed E-state index contributed by atoms with van der Waals surface area (Å²) in [7, 11) is 0. The molecule has 0 spiro atoms. The van der Waals surface area contributed by atoms with Crippen molar-refractivity contribution in [2.45, 2.75) is 0 Å². The molecule has 2 aromatic heterocycles. The number of fused-ring (bicyclic) bond motifs is 6. The molecule has 0 unspecified atom stereocenters. The fraction of sp³-hybridized carbons (Fsp3) is 0. The summed E-state index contributed by atoms with van der Waals surface area (Å²) in [5.74, 6) is 0. The molecule has 0 bridgehead atoms. The summed E-state index contributed by atoms with van der Waals surface area (Å²) in [5, 5.41) is 8.84. The molecule has 1 N–H and O–H groups in total. The summed E-state index contributed by atoms with van der Waals surface area (Å²) < 4.78 is 5.01. The zero-order chi connectivity index (χ0) is 33.7. The first-order valence-electron chi connectivity index (χ1n) is 17.3. The van der Waals surface area contributed by atoms with Crippen LogP contribution in [-0.2, 0) is 0 Å². The lowest BCUT2D eigenvalue weighted by molar-refractivity contribution is 1.18. The van der Waals surface area contributed by atoms with E-state index in [4.69, 9.17) is 0 Å². The van der Waals surface area contributed by atoms with Crippen LogP contribution in [0.4, 0.5) is 11.4 Å². The highest BCUT2D eigenvalue weighted by Crippen LogP contribution is 2.44. The molecule has 0 saturated carbocycles. The van der Waals surface area contributed by atoms with Gasteiger partial charge in [0.2, 0.25) is 0 Å². The summed E-state index contributed by atoms with van der Waals surface area (Å²) in [6.45, 7) is 0. The molecule has 0 radical (unpaired) electrons. The van der Waals surface area contributed by atoms with Gasteiger partial charge in [0.1, 0.15) is 0 Å². The van der Waals surface area contributed by atoms with Crippen molar-refractivity contribution in [1.29, 1.82) is 0 Å². The van der Waals surface area contributed by atoms with Gasteiger partial charge in [-0.25, -0.2) is 0 Å². The number of para-hydroxylation sites is 2. The highest BCUT2D eigenvalue weighted by atomic mass is 32.1. The number of nitrogens with one attached hydrogen (secondary N) is 1. The molecule has 10 aromatic rings. The quantitative estimate of drug-likeness (QED) is 0.187. The first kappa shape index (κ1) is 29.5. The Kier molecular flexibility index (Phi) is 7.04. The number of hydrogen-bond acceptors (Lipinski definition) is 2. The number of aromatic nitrogens is 1. The highest BCUT2D eigenvalue weighted by molar-refractivity contribution is 7.26. The van der Waals surface area contributed by atoms with Crippen molar-refractivity contribution >= 4 is 64.7 Å². The highest BCUT2D eigenvalue weighted by Gasteiger charge is 2.17. The molecule has 0 saturated heterocycles. The molecule has 0 aliphatic carbocycles. The maximum atomic E-state index is 3.74. The third kappa shape index (κ3) is 5.10. The predicted octanol–water partition coefficient (Wildman–Crippen LogP) is 13.9. The molecule has 3 heteroatoms. The molecule has 0 aliphatic heterocycles. The zero-order valence-corrected chi connectivity index (χ0v) is 28.6. The summed E-state index contributed by atoms with van der Waals surface area (Å²) in [4.78, 5) is 0. The van der Waals surface area contributed by atoms with Crippen molar-refractivity contribution in [3.05, 3.63) is 188 Å². The first-order chi connectivity index (χ1) is 25.3. The smallest absolute Gasteiger partial charge is 0.0541 e. The second-order valence-corrected chi connectivity index (χ2v) is 14.1. The SMILES string of the molecule is c1ccc(Nc2ccc(-c3ccc4c(c3)c3ccccc3n4-c3ccc(-c4ccccc4)cc3)cc2-c2cccc3c2sc2ccccc23)cc1. The van der Waals surface area contributed by atoms with Crippen molar-refractivity contribution < 1.29 is 0 Å². The number of thiophene rings is 1. The van der Waals surface area contributed by atoms with Crippen LogP contribution in [0.25, 0.3) is 81.0 Å². The number of anilines is 2. The summed E-state index contributed by atoms with van der Waals surface area (Å²) in [6, 6.07) is 68.0. The van der Waals surface area contributed by atoms with E-state index >= 15 is 0 Å². The largest absolute Gasteiger partial charge is 0.355 e. The van der Waals surface area contributed by atoms with Crippen molar-refractivity contribution in [2.75, 3.05) is 5.32 Å². The molecule has 2 heterocycles. The average molecular weight is 669 g/mol. The molecule has 0 atom stereocenters. The maximum Gasteiger partial charge on any atom is 0.0541 e. The molecule has 2 nitrogen and oxygen atoms in total. The fourth-order valence-corrected chi connectivity index (χ4v) is 8.79. The lowest BCUT2D eigenvalue weighted by Gasteiger charge is -2.16. The maximum absolute atomic E-state index is 3.74. The van der Waals surface area contributed by atoms with E-state index < -0.39 is 0 Å². The van der Waals surface area contributed by atoms with E-state index in [1.807, 2.05) is 11.3 Å². The van der Waals surface area contributed by atoms with Crippen LogP contribution in [-0.4, -0.2) is 4.57 Å². The van der Waals surface area contributed by atoms with Crippen LogP contribution in [0.1, 0.15) is 0 Å². The normalized spacial score (nSPS) is 11.5. The van der Waals surface area contributed by atoms with Crippen molar-refractivity contribution in [2.24, 2.45) is 0 Å². The van der Waals surface area contributed by atoms with Gasteiger partial charge in [0.05, 0.1) is 11.0 Å². The summed E-state index contributed by atoms with van der Waals surface area (Å²) in [6.07, 6.45) is 0. The fourth-order valence-electron chi connectivity index (χ4n) is 7.56. The first-order valence-corrected chi connectivity index (χ1v) is 18.2. The lowest BCUT2D eigenvalue weighted by Crippen LogP contribution is -1.95. The van der Waals surface area contributed by atoms with Gasteiger partial charge < -0.3 is 9.88 Å². The second kappa shape index (κ2) is 12.2. The third-order valence-electron chi connectivity index (χ3n) is 10.0. The standard InChI is InChI=1S/C48H32N2S/c1-3-12-32(13-4-1)33-22-26-37(27-23-33)50-45-20-9-7-16-38(45)43-31-35(25-29-46(43)50)34-24-28-44(49-36-14-5-2-6-15-36)42(30-34)41-19-11-18-40-39-17-8-10-21-47(39)51-48(40)41/h1-31,49H. The molecule has 240 valence electrons. The Morgan fingerprint density at radius 3 is 1.86 bits per heavy atom. The topological polar surface area (TPSA) is 17.0 Å². The van der Waals surface area contributed by atoms with E-state index in [-0.39, 0.29) is 0 Å². The monoisotopic (exact) mass is 668 g/mol. The third-order valence-corrected chi connectivity index (χ3v) is 11.2. The molecular weight excluding hydrogens is 637 g/mol. The minimum absolute atomic E-state index is 1.07. The Bertz CT molecular complexity index is 2860. The average Bonchev–Trinajstić information content (AvgIpc) is 3.75. The Balaban J connectivity index is 1.13. The molecule has 0 aliphatic rings.